The van der Waals surface area contributed by atoms with Gasteiger partial charge in [-0.3, -0.25) is 0 Å². The van der Waals surface area contributed by atoms with Gasteiger partial charge in [-0.05, 0) is 20.3 Å². The summed E-state index contributed by atoms with van der Waals surface area (Å²) in [5.41, 5.74) is 1.42. The van der Waals surface area contributed by atoms with Crippen LogP contribution in [-0.4, -0.2) is 6.04 Å². The molecule has 0 fully saturated rings. The van der Waals surface area contributed by atoms with Crippen molar-refractivity contribution in [3.8, 4) is 0 Å². The topological polar surface area (TPSA) is 16.6 Å². The zero-order valence-corrected chi connectivity index (χ0v) is 8.83. The molecule has 72 valence electrons. The normalized spacial score (nSPS) is 15.3. The van der Waals surface area contributed by atoms with Crippen molar-refractivity contribution in [2.45, 2.75) is 39.3 Å². The highest BCUT2D eigenvalue weighted by Gasteiger charge is 2.10. The van der Waals surface area contributed by atoms with E-state index in [4.69, 9.17) is 0 Å². The second kappa shape index (κ2) is 5.03. The van der Waals surface area contributed by atoms with Gasteiger partial charge < -0.3 is 5.32 Å². The van der Waals surface area contributed by atoms with Crippen molar-refractivity contribution in [2.75, 3.05) is 0 Å². The van der Waals surface area contributed by atoms with Crippen molar-refractivity contribution >= 4 is 0 Å². The predicted octanol–water partition coefficient (Wildman–Crippen LogP) is 2.11. The van der Waals surface area contributed by atoms with E-state index >= 15 is 0 Å². The molecule has 2 N–H and O–H groups in total. The van der Waals surface area contributed by atoms with Gasteiger partial charge in [-0.25, -0.2) is 0 Å². The Kier molecular flexibility index (Phi) is 3.97. The fourth-order valence-electron chi connectivity index (χ4n) is 1.50. The summed E-state index contributed by atoms with van der Waals surface area (Å²) in [6.45, 7) is 6.78. The van der Waals surface area contributed by atoms with Gasteiger partial charge in [0.15, 0.2) is 0 Å². The van der Waals surface area contributed by atoms with Crippen LogP contribution in [0.5, 0.6) is 0 Å². The number of benzene rings is 1. The summed E-state index contributed by atoms with van der Waals surface area (Å²) in [6.07, 6.45) is 1.23. The summed E-state index contributed by atoms with van der Waals surface area (Å²) < 4.78 is 0. The maximum Gasteiger partial charge on any atom is 0.109 e. The largest absolute Gasteiger partial charge is 0.338 e. The molecule has 13 heavy (non-hydrogen) atoms. The fraction of sp³-hybridized carbons (Fsp3) is 0.500. The third-order valence-electron chi connectivity index (χ3n) is 2.59. The molecule has 1 heteroatoms. The Morgan fingerprint density at radius 3 is 2.31 bits per heavy atom. The van der Waals surface area contributed by atoms with Gasteiger partial charge in [0.1, 0.15) is 6.04 Å². The van der Waals surface area contributed by atoms with Gasteiger partial charge >= 0.3 is 0 Å². The van der Waals surface area contributed by atoms with Gasteiger partial charge in [0, 0.05) is 5.56 Å². The van der Waals surface area contributed by atoms with Gasteiger partial charge in [0.2, 0.25) is 0 Å². The lowest BCUT2D eigenvalue weighted by atomic mass is 10.1. The highest BCUT2D eigenvalue weighted by molar-refractivity contribution is 5.16. The molecule has 0 saturated carbocycles. The minimum atomic E-state index is 0.580. The first-order valence-electron chi connectivity index (χ1n) is 5.14. The van der Waals surface area contributed by atoms with Gasteiger partial charge in [-0.1, -0.05) is 37.3 Å². The monoisotopic (exact) mass is 178 g/mol. The van der Waals surface area contributed by atoms with Crippen LogP contribution in [0.15, 0.2) is 30.3 Å². The fourth-order valence-corrected chi connectivity index (χ4v) is 1.50. The van der Waals surface area contributed by atoms with Crippen molar-refractivity contribution in [3.63, 3.8) is 0 Å². The smallest absolute Gasteiger partial charge is 0.109 e. The SMILES string of the molecule is CC[C@@H](C)[NH2+][C@@H](C)c1ccccc1. The Hall–Kier alpha value is -0.820. The number of hydrogen-bond donors (Lipinski definition) is 1. The van der Waals surface area contributed by atoms with E-state index < -0.39 is 0 Å². The summed E-state index contributed by atoms with van der Waals surface area (Å²) >= 11 is 0. The standard InChI is InChI=1S/C12H19N/c1-4-10(2)13-11(3)12-8-6-5-7-9-12/h5-11,13H,4H2,1-3H3/p+1/t10-,11+/m1/s1. The highest BCUT2D eigenvalue weighted by Crippen LogP contribution is 2.06. The average molecular weight is 178 g/mol. The zero-order chi connectivity index (χ0) is 9.68. The summed E-state index contributed by atoms with van der Waals surface area (Å²) in [7, 11) is 0. The Bertz CT molecular complexity index is 230. The minimum absolute atomic E-state index is 0.580. The van der Waals surface area contributed by atoms with E-state index in [1.165, 1.54) is 12.0 Å². The lowest BCUT2D eigenvalue weighted by Crippen LogP contribution is -2.89. The van der Waals surface area contributed by atoms with E-state index in [0.717, 1.165) is 6.04 Å². The lowest BCUT2D eigenvalue weighted by molar-refractivity contribution is -0.722. The Balaban J connectivity index is 2.53. The quantitative estimate of drug-likeness (QED) is 0.727. The van der Waals surface area contributed by atoms with Crippen LogP contribution in [0, 0.1) is 0 Å². The van der Waals surface area contributed by atoms with Gasteiger partial charge in [-0.2, -0.15) is 0 Å². The number of quaternary nitrogens is 1. The van der Waals surface area contributed by atoms with Crippen LogP contribution in [0.4, 0.5) is 0 Å². The first kappa shape index (κ1) is 10.3. The number of nitrogens with two attached hydrogens (primary N) is 1. The predicted molar refractivity (Wildman–Crippen MR) is 56.5 cm³/mol. The molecule has 0 heterocycles. The minimum Gasteiger partial charge on any atom is -0.338 e. The molecule has 0 aromatic heterocycles. The molecular formula is C12H20N+. The molecular weight excluding hydrogens is 158 g/mol. The molecule has 0 spiro atoms. The Morgan fingerprint density at radius 1 is 1.15 bits per heavy atom. The summed E-state index contributed by atoms with van der Waals surface area (Å²) in [5.74, 6) is 0. The summed E-state index contributed by atoms with van der Waals surface area (Å²) in [4.78, 5) is 0. The van der Waals surface area contributed by atoms with E-state index in [1.54, 1.807) is 0 Å². The van der Waals surface area contributed by atoms with Crippen LogP contribution in [0.3, 0.4) is 0 Å². The molecule has 0 aliphatic rings. The molecule has 2 atom stereocenters. The van der Waals surface area contributed by atoms with Gasteiger partial charge in [0.25, 0.3) is 0 Å². The van der Waals surface area contributed by atoms with E-state index in [1.807, 2.05) is 0 Å². The molecule has 1 aromatic rings. The van der Waals surface area contributed by atoms with Gasteiger partial charge in [0.05, 0.1) is 6.04 Å². The van der Waals surface area contributed by atoms with Crippen molar-refractivity contribution in [1.29, 1.82) is 0 Å². The lowest BCUT2D eigenvalue weighted by Gasteiger charge is -2.15. The van der Waals surface area contributed by atoms with Crippen molar-refractivity contribution in [3.05, 3.63) is 35.9 Å². The first-order chi connectivity index (χ1) is 6.24. The second-order valence-electron chi connectivity index (χ2n) is 3.78. The van der Waals surface area contributed by atoms with E-state index in [0.29, 0.717) is 6.04 Å². The average Bonchev–Trinajstić information content (AvgIpc) is 2.19. The Labute approximate surface area is 81.2 Å². The Morgan fingerprint density at radius 2 is 1.77 bits per heavy atom. The van der Waals surface area contributed by atoms with Crippen LogP contribution in [0.25, 0.3) is 0 Å². The molecule has 0 radical (unpaired) electrons. The molecule has 0 unspecified atom stereocenters. The van der Waals surface area contributed by atoms with E-state index in [2.05, 4.69) is 56.4 Å². The third kappa shape index (κ3) is 3.19. The molecule has 1 rings (SSSR count). The summed E-state index contributed by atoms with van der Waals surface area (Å²) in [6, 6.07) is 12.0. The zero-order valence-electron chi connectivity index (χ0n) is 8.83. The van der Waals surface area contributed by atoms with Crippen LogP contribution in [0.2, 0.25) is 0 Å². The maximum atomic E-state index is 2.43. The van der Waals surface area contributed by atoms with E-state index in [9.17, 15) is 0 Å². The van der Waals surface area contributed by atoms with E-state index in [-0.39, 0.29) is 0 Å². The molecule has 0 bridgehead atoms. The molecule has 0 aliphatic heterocycles. The maximum absolute atomic E-state index is 2.43. The van der Waals surface area contributed by atoms with Crippen LogP contribution in [-0.2, 0) is 0 Å². The van der Waals surface area contributed by atoms with Crippen LogP contribution < -0.4 is 5.32 Å². The second-order valence-corrected chi connectivity index (χ2v) is 3.78. The third-order valence-corrected chi connectivity index (χ3v) is 2.59. The molecule has 0 amide bonds. The molecule has 1 aromatic carbocycles. The number of hydrogen-bond acceptors (Lipinski definition) is 0. The number of rotatable bonds is 4. The highest BCUT2D eigenvalue weighted by atomic mass is 14.9. The van der Waals surface area contributed by atoms with Crippen molar-refractivity contribution < 1.29 is 5.32 Å². The molecule has 0 aliphatic carbocycles. The van der Waals surface area contributed by atoms with Crippen molar-refractivity contribution in [2.24, 2.45) is 0 Å². The molecule has 1 nitrogen and oxygen atoms in total. The van der Waals surface area contributed by atoms with Crippen molar-refractivity contribution in [1.82, 2.24) is 0 Å². The van der Waals surface area contributed by atoms with Crippen LogP contribution in [0.1, 0.15) is 38.8 Å². The molecule has 0 saturated heterocycles. The first-order valence-corrected chi connectivity index (χ1v) is 5.14. The van der Waals surface area contributed by atoms with Gasteiger partial charge in [-0.15, -0.1) is 0 Å². The summed E-state index contributed by atoms with van der Waals surface area (Å²) in [5, 5.41) is 2.43. The van der Waals surface area contributed by atoms with Crippen LogP contribution >= 0.6 is 0 Å².